The van der Waals surface area contributed by atoms with Gasteiger partial charge in [0.05, 0.1) is 7.11 Å². The third kappa shape index (κ3) is 3.50. The van der Waals surface area contributed by atoms with Crippen molar-refractivity contribution < 1.29 is 22.7 Å². The number of aromatic nitrogens is 1. The van der Waals surface area contributed by atoms with Crippen LogP contribution in [0.3, 0.4) is 0 Å². The van der Waals surface area contributed by atoms with Crippen LogP contribution in [0.4, 0.5) is 13.2 Å². The van der Waals surface area contributed by atoms with E-state index in [2.05, 4.69) is 10.3 Å². The van der Waals surface area contributed by atoms with Gasteiger partial charge in [-0.3, -0.25) is 4.79 Å². The zero-order valence-electron chi connectivity index (χ0n) is 11.0. The van der Waals surface area contributed by atoms with Crippen molar-refractivity contribution in [2.24, 2.45) is 0 Å². The van der Waals surface area contributed by atoms with E-state index in [-0.39, 0.29) is 12.1 Å². The molecule has 0 aliphatic heterocycles. The highest BCUT2D eigenvalue weighted by Crippen LogP contribution is 2.14. The number of carbonyl (C=O) groups is 1. The van der Waals surface area contributed by atoms with Gasteiger partial charge >= 0.3 is 0 Å². The fraction of sp³-hybridized carbons (Fsp3) is 0.143. The second-order valence-corrected chi connectivity index (χ2v) is 4.14. The molecule has 0 saturated heterocycles. The first kappa shape index (κ1) is 14.8. The maximum Gasteiger partial charge on any atom is 0.251 e. The number of hydrogen-bond donors (Lipinski definition) is 1. The van der Waals surface area contributed by atoms with Gasteiger partial charge in [0.25, 0.3) is 5.91 Å². The molecule has 0 aliphatic carbocycles. The molecule has 1 heterocycles. The zero-order valence-corrected chi connectivity index (χ0v) is 11.0. The predicted molar refractivity (Wildman–Crippen MR) is 68.3 cm³/mol. The third-order valence-corrected chi connectivity index (χ3v) is 2.71. The Morgan fingerprint density at radius 3 is 2.52 bits per heavy atom. The fourth-order valence-corrected chi connectivity index (χ4v) is 1.64. The molecule has 21 heavy (non-hydrogen) atoms. The van der Waals surface area contributed by atoms with Gasteiger partial charge in [-0.05, 0) is 23.8 Å². The summed E-state index contributed by atoms with van der Waals surface area (Å²) in [5.41, 5.74) is 0.394. The van der Waals surface area contributed by atoms with Gasteiger partial charge in [-0.1, -0.05) is 0 Å². The van der Waals surface area contributed by atoms with Crippen LogP contribution in [-0.4, -0.2) is 18.0 Å². The van der Waals surface area contributed by atoms with Gasteiger partial charge in [0.15, 0.2) is 17.5 Å². The maximum atomic E-state index is 13.0. The Bertz CT molecular complexity index is 654. The summed E-state index contributed by atoms with van der Waals surface area (Å²) in [6, 6.07) is 4.53. The first-order valence-corrected chi connectivity index (χ1v) is 5.93. The minimum atomic E-state index is -1.61. The average molecular weight is 296 g/mol. The Balaban J connectivity index is 2.08. The summed E-state index contributed by atoms with van der Waals surface area (Å²) in [4.78, 5) is 15.7. The maximum absolute atomic E-state index is 13.0. The van der Waals surface area contributed by atoms with E-state index in [1.165, 1.54) is 13.3 Å². The van der Waals surface area contributed by atoms with Crippen molar-refractivity contribution >= 4 is 5.91 Å². The molecule has 0 saturated carbocycles. The van der Waals surface area contributed by atoms with E-state index in [0.717, 1.165) is 0 Å². The molecular formula is C14H11F3N2O2. The van der Waals surface area contributed by atoms with Crippen LogP contribution < -0.4 is 10.1 Å². The highest BCUT2D eigenvalue weighted by Gasteiger charge is 2.14. The van der Waals surface area contributed by atoms with Gasteiger partial charge in [0.1, 0.15) is 0 Å². The number of pyridine rings is 1. The number of nitrogens with one attached hydrogen (secondary N) is 1. The van der Waals surface area contributed by atoms with Gasteiger partial charge < -0.3 is 10.1 Å². The smallest absolute Gasteiger partial charge is 0.251 e. The van der Waals surface area contributed by atoms with E-state index in [1.807, 2.05) is 0 Å². The molecule has 0 bridgehead atoms. The summed E-state index contributed by atoms with van der Waals surface area (Å²) in [7, 11) is 1.45. The van der Waals surface area contributed by atoms with E-state index in [4.69, 9.17) is 4.74 Å². The molecule has 110 valence electrons. The van der Waals surface area contributed by atoms with Crippen molar-refractivity contribution in [2.75, 3.05) is 7.11 Å². The van der Waals surface area contributed by atoms with E-state index >= 15 is 0 Å². The number of amides is 1. The number of rotatable bonds is 4. The van der Waals surface area contributed by atoms with Gasteiger partial charge in [0.2, 0.25) is 5.88 Å². The highest BCUT2D eigenvalue weighted by atomic mass is 19.2. The molecule has 2 aromatic rings. The normalized spacial score (nSPS) is 10.3. The molecule has 1 amide bonds. The Morgan fingerprint density at radius 1 is 1.24 bits per heavy atom. The molecule has 4 nitrogen and oxygen atoms in total. The lowest BCUT2D eigenvalue weighted by Gasteiger charge is -2.07. The second-order valence-electron chi connectivity index (χ2n) is 4.14. The highest BCUT2D eigenvalue weighted by molar-refractivity contribution is 5.94. The van der Waals surface area contributed by atoms with Crippen molar-refractivity contribution in [2.45, 2.75) is 6.54 Å². The lowest BCUT2D eigenvalue weighted by Crippen LogP contribution is -2.23. The quantitative estimate of drug-likeness (QED) is 0.882. The third-order valence-electron chi connectivity index (χ3n) is 2.71. The molecule has 7 heteroatoms. The number of hydrogen-bond acceptors (Lipinski definition) is 3. The molecule has 0 radical (unpaired) electrons. The van der Waals surface area contributed by atoms with E-state index in [1.54, 1.807) is 12.1 Å². The molecule has 0 fully saturated rings. The molecule has 1 aromatic heterocycles. The number of benzene rings is 1. The van der Waals surface area contributed by atoms with Crippen LogP contribution in [0.25, 0.3) is 0 Å². The van der Waals surface area contributed by atoms with Crippen LogP contribution in [0, 0.1) is 17.5 Å². The second kappa shape index (κ2) is 6.25. The Kier molecular flexibility index (Phi) is 4.42. The van der Waals surface area contributed by atoms with E-state index in [9.17, 15) is 18.0 Å². The summed E-state index contributed by atoms with van der Waals surface area (Å²) in [6.45, 7) is 0.109. The monoisotopic (exact) mass is 296 g/mol. The van der Waals surface area contributed by atoms with Crippen LogP contribution in [0.15, 0.2) is 30.5 Å². The Hall–Kier alpha value is -2.57. The first-order valence-electron chi connectivity index (χ1n) is 5.93. The van der Waals surface area contributed by atoms with Crippen LogP contribution in [0.1, 0.15) is 15.9 Å². The SMILES string of the molecule is COc1cc(CNC(=O)c2cc(F)c(F)c(F)c2)ccn1. The Morgan fingerprint density at radius 2 is 1.90 bits per heavy atom. The minimum Gasteiger partial charge on any atom is -0.481 e. The summed E-state index contributed by atoms with van der Waals surface area (Å²) < 4.78 is 43.8. The Labute approximate surface area is 118 Å². The summed E-state index contributed by atoms with van der Waals surface area (Å²) in [5, 5.41) is 2.46. The van der Waals surface area contributed by atoms with Gasteiger partial charge in [-0.25, -0.2) is 18.2 Å². The minimum absolute atomic E-state index is 0.109. The summed E-state index contributed by atoms with van der Waals surface area (Å²) in [5.74, 6) is -4.77. The van der Waals surface area contributed by atoms with Crippen LogP contribution in [-0.2, 0) is 6.54 Å². The number of nitrogens with zero attached hydrogens (tertiary/aromatic N) is 1. The number of halogens is 3. The number of methoxy groups -OCH3 is 1. The summed E-state index contributed by atoms with van der Waals surface area (Å²) in [6.07, 6.45) is 1.50. The van der Waals surface area contributed by atoms with Crippen molar-refractivity contribution in [3.63, 3.8) is 0 Å². The molecule has 2 rings (SSSR count). The van der Waals surface area contributed by atoms with Crippen molar-refractivity contribution in [1.82, 2.24) is 10.3 Å². The van der Waals surface area contributed by atoms with Crippen LogP contribution in [0.5, 0.6) is 5.88 Å². The molecule has 0 aliphatic rings. The van der Waals surface area contributed by atoms with Crippen molar-refractivity contribution in [1.29, 1.82) is 0 Å². The molecular weight excluding hydrogens is 285 g/mol. The molecule has 1 N–H and O–H groups in total. The molecule has 0 spiro atoms. The number of carbonyl (C=O) groups excluding carboxylic acids is 1. The standard InChI is InChI=1S/C14H11F3N2O2/c1-21-12-4-8(2-3-18-12)7-19-14(20)9-5-10(15)13(17)11(16)6-9/h2-6H,7H2,1H3,(H,19,20). The lowest BCUT2D eigenvalue weighted by molar-refractivity contribution is 0.0949. The van der Waals surface area contributed by atoms with Gasteiger partial charge in [-0.15, -0.1) is 0 Å². The molecule has 0 atom stereocenters. The first-order chi connectivity index (χ1) is 10.0. The average Bonchev–Trinajstić information content (AvgIpc) is 2.50. The van der Waals surface area contributed by atoms with E-state index < -0.39 is 23.4 Å². The van der Waals surface area contributed by atoms with Gasteiger partial charge in [0, 0.05) is 24.4 Å². The van der Waals surface area contributed by atoms with Crippen LogP contribution in [0.2, 0.25) is 0 Å². The predicted octanol–water partition coefficient (Wildman–Crippen LogP) is 2.44. The number of ether oxygens (including phenoxy) is 1. The lowest BCUT2D eigenvalue weighted by atomic mass is 10.2. The van der Waals surface area contributed by atoms with E-state index in [0.29, 0.717) is 23.6 Å². The van der Waals surface area contributed by atoms with Crippen molar-refractivity contribution in [3.05, 3.63) is 59.0 Å². The molecule has 1 aromatic carbocycles. The fourth-order valence-electron chi connectivity index (χ4n) is 1.64. The zero-order chi connectivity index (χ0) is 15.4. The van der Waals surface area contributed by atoms with Crippen molar-refractivity contribution in [3.8, 4) is 5.88 Å². The van der Waals surface area contributed by atoms with Crippen LogP contribution >= 0.6 is 0 Å². The molecule has 0 unspecified atom stereocenters. The summed E-state index contributed by atoms with van der Waals surface area (Å²) >= 11 is 0. The largest absolute Gasteiger partial charge is 0.481 e. The van der Waals surface area contributed by atoms with Gasteiger partial charge in [-0.2, -0.15) is 0 Å². The topological polar surface area (TPSA) is 51.2 Å².